The SMILES string of the molecule is CC(=O)N[C@@](O)(C(=O)[C@@H](O)CO)[C@@H](C)O. The summed E-state index contributed by atoms with van der Waals surface area (Å²) in [5, 5.41) is 38.1. The van der Waals surface area contributed by atoms with Gasteiger partial charge in [0.05, 0.1) is 6.61 Å². The quantitative estimate of drug-likeness (QED) is 0.317. The lowest BCUT2D eigenvalue weighted by Gasteiger charge is -2.31. The molecule has 0 aliphatic heterocycles. The number of aliphatic hydroxyl groups excluding tert-OH is 3. The van der Waals surface area contributed by atoms with Crippen LogP contribution < -0.4 is 5.32 Å². The molecule has 88 valence electrons. The van der Waals surface area contributed by atoms with Crippen molar-refractivity contribution < 1.29 is 30.0 Å². The minimum absolute atomic E-state index is 0.753. The number of rotatable bonds is 5. The number of carbonyl (C=O) groups is 2. The van der Waals surface area contributed by atoms with Crippen molar-refractivity contribution in [3.8, 4) is 0 Å². The van der Waals surface area contributed by atoms with Crippen LogP contribution in [0.5, 0.6) is 0 Å². The van der Waals surface area contributed by atoms with Crippen LogP contribution in [0, 0.1) is 0 Å². The third kappa shape index (κ3) is 3.24. The Bertz CT molecular complexity index is 254. The maximum Gasteiger partial charge on any atom is 0.227 e. The monoisotopic (exact) mass is 221 g/mol. The second-order valence-electron chi connectivity index (χ2n) is 3.19. The highest BCUT2D eigenvalue weighted by Crippen LogP contribution is 2.11. The Labute approximate surface area is 86.3 Å². The van der Waals surface area contributed by atoms with Crippen molar-refractivity contribution in [1.29, 1.82) is 0 Å². The maximum absolute atomic E-state index is 11.3. The van der Waals surface area contributed by atoms with Crippen LogP contribution in [0.4, 0.5) is 0 Å². The zero-order valence-electron chi connectivity index (χ0n) is 8.47. The van der Waals surface area contributed by atoms with Gasteiger partial charge < -0.3 is 25.7 Å². The first-order valence-corrected chi connectivity index (χ1v) is 4.28. The topological polar surface area (TPSA) is 127 Å². The van der Waals surface area contributed by atoms with E-state index in [1.807, 2.05) is 5.32 Å². The van der Waals surface area contributed by atoms with Gasteiger partial charge in [0.2, 0.25) is 17.4 Å². The standard InChI is InChI=1S/C8H15NO6/c1-4(11)8(15,9-5(2)12)7(14)6(13)3-10/h4,6,10-11,13,15H,3H2,1-2H3,(H,9,12)/t4-,6+,8+/m1/s1. The number of amides is 1. The molecule has 0 unspecified atom stereocenters. The van der Waals surface area contributed by atoms with Gasteiger partial charge in [-0.3, -0.25) is 9.59 Å². The number of hydrogen-bond acceptors (Lipinski definition) is 6. The van der Waals surface area contributed by atoms with Crippen LogP contribution in [0.2, 0.25) is 0 Å². The molecule has 0 aromatic rings. The highest BCUT2D eigenvalue weighted by atomic mass is 16.4. The molecule has 5 N–H and O–H groups in total. The van der Waals surface area contributed by atoms with Gasteiger partial charge in [-0.25, -0.2) is 0 Å². The third-order valence-electron chi connectivity index (χ3n) is 1.82. The minimum Gasteiger partial charge on any atom is -0.393 e. The molecule has 0 saturated carbocycles. The lowest BCUT2D eigenvalue weighted by atomic mass is 9.98. The lowest BCUT2D eigenvalue weighted by molar-refractivity contribution is -0.169. The van der Waals surface area contributed by atoms with E-state index in [2.05, 4.69) is 0 Å². The van der Waals surface area contributed by atoms with Crippen molar-refractivity contribution in [3.05, 3.63) is 0 Å². The largest absolute Gasteiger partial charge is 0.393 e. The predicted octanol–water partition coefficient (Wildman–Crippen LogP) is -2.89. The summed E-state index contributed by atoms with van der Waals surface area (Å²) in [6.45, 7) is 1.19. The van der Waals surface area contributed by atoms with E-state index >= 15 is 0 Å². The maximum atomic E-state index is 11.3. The molecule has 0 rings (SSSR count). The van der Waals surface area contributed by atoms with Crippen LogP contribution in [0.3, 0.4) is 0 Å². The highest BCUT2D eigenvalue weighted by Gasteiger charge is 2.44. The van der Waals surface area contributed by atoms with Crippen molar-refractivity contribution in [2.24, 2.45) is 0 Å². The van der Waals surface area contributed by atoms with Crippen LogP contribution in [0.25, 0.3) is 0 Å². The van der Waals surface area contributed by atoms with E-state index in [9.17, 15) is 14.7 Å². The normalized spacial score (nSPS) is 18.8. The fraction of sp³-hybridized carbons (Fsp3) is 0.750. The van der Waals surface area contributed by atoms with Gasteiger partial charge in [-0.2, -0.15) is 0 Å². The van der Waals surface area contributed by atoms with Gasteiger partial charge in [-0.1, -0.05) is 0 Å². The molecule has 1 amide bonds. The molecule has 0 fully saturated rings. The van der Waals surface area contributed by atoms with Crippen molar-refractivity contribution in [1.82, 2.24) is 5.32 Å². The number of carbonyl (C=O) groups excluding carboxylic acids is 2. The van der Waals surface area contributed by atoms with Gasteiger partial charge in [0.15, 0.2) is 0 Å². The third-order valence-corrected chi connectivity index (χ3v) is 1.82. The first-order valence-electron chi connectivity index (χ1n) is 4.28. The highest BCUT2D eigenvalue weighted by molar-refractivity contribution is 5.94. The number of hydrogen-bond donors (Lipinski definition) is 5. The second kappa shape index (κ2) is 5.17. The zero-order chi connectivity index (χ0) is 12.2. The molecule has 0 aromatic heterocycles. The second-order valence-corrected chi connectivity index (χ2v) is 3.19. The number of ketones is 1. The molecule has 15 heavy (non-hydrogen) atoms. The molecule has 3 atom stereocenters. The Morgan fingerprint density at radius 2 is 1.87 bits per heavy atom. The van der Waals surface area contributed by atoms with Crippen LogP contribution in [-0.4, -0.2) is 56.7 Å². The lowest BCUT2D eigenvalue weighted by Crippen LogP contribution is -2.64. The number of aliphatic hydroxyl groups is 4. The molecule has 0 aliphatic rings. The number of nitrogens with one attached hydrogen (secondary N) is 1. The van der Waals surface area contributed by atoms with Gasteiger partial charge in [0.1, 0.15) is 12.2 Å². The summed E-state index contributed by atoms with van der Waals surface area (Å²) < 4.78 is 0. The van der Waals surface area contributed by atoms with E-state index in [1.165, 1.54) is 0 Å². The molecule has 0 saturated heterocycles. The first kappa shape index (κ1) is 14.0. The summed E-state index contributed by atoms with van der Waals surface area (Å²) in [4.78, 5) is 22.0. The van der Waals surface area contributed by atoms with Crippen LogP contribution in [0.1, 0.15) is 13.8 Å². The Hall–Kier alpha value is -1.02. The van der Waals surface area contributed by atoms with E-state index in [4.69, 9.17) is 15.3 Å². The summed E-state index contributed by atoms with van der Waals surface area (Å²) in [6.07, 6.45) is -3.48. The van der Waals surface area contributed by atoms with Crippen LogP contribution in [0.15, 0.2) is 0 Å². The van der Waals surface area contributed by atoms with Crippen molar-refractivity contribution in [2.45, 2.75) is 31.8 Å². The van der Waals surface area contributed by atoms with E-state index in [-0.39, 0.29) is 0 Å². The summed E-state index contributed by atoms with van der Waals surface area (Å²) >= 11 is 0. The summed E-state index contributed by atoms with van der Waals surface area (Å²) in [7, 11) is 0. The van der Waals surface area contributed by atoms with Crippen molar-refractivity contribution in [3.63, 3.8) is 0 Å². The Morgan fingerprint density at radius 1 is 1.40 bits per heavy atom. The smallest absolute Gasteiger partial charge is 0.227 e. The molecular weight excluding hydrogens is 206 g/mol. The van der Waals surface area contributed by atoms with Crippen LogP contribution >= 0.6 is 0 Å². The zero-order valence-corrected chi connectivity index (χ0v) is 8.47. The van der Waals surface area contributed by atoms with Crippen LogP contribution in [-0.2, 0) is 9.59 Å². The average molecular weight is 221 g/mol. The molecule has 7 heteroatoms. The summed E-state index contributed by atoms with van der Waals surface area (Å²) in [6, 6.07) is 0. The molecule has 0 aromatic carbocycles. The van der Waals surface area contributed by atoms with E-state index in [1.54, 1.807) is 0 Å². The van der Waals surface area contributed by atoms with E-state index in [0.717, 1.165) is 13.8 Å². The van der Waals surface area contributed by atoms with Gasteiger partial charge in [-0.05, 0) is 6.92 Å². The van der Waals surface area contributed by atoms with E-state index in [0.29, 0.717) is 0 Å². The fourth-order valence-corrected chi connectivity index (χ4v) is 0.977. The van der Waals surface area contributed by atoms with Crippen molar-refractivity contribution >= 4 is 11.7 Å². The molecule has 0 aliphatic carbocycles. The van der Waals surface area contributed by atoms with Gasteiger partial charge in [0.25, 0.3) is 0 Å². The summed E-state index contributed by atoms with van der Waals surface area (Å²) in [5.41, 5.74) is -2.59. The van der Waals surface area contributed by atoms with Gasteiger partial charge in [0, 0.05) is 6.92 Å². The van der Waals surface area contributed by atoms with Crippen molar-refractivity contribution in [2.75, 3.05) is 6.61 Å². The average Bonchev–Trinajstić information content (AvgIpc) is 2.13. The Morgan fingerprint density at radius 3 is 2.13 bits per heavy atom. The molecule has 0 radical (unpaired) electrons. The summed E-state index contributed by atoms with van der Waals surface area (Å²) in [5.74, 6) is -2.02. The van der Waals surface area contributed by atoms with Gasteiger partial charge >= 0.3 is 0 Å². The molecule has 0 bridgehead atoms. The molecule has 0 spiro atoms. The Kier molecular flexibility index (Phi) is 4.82. The predicted molar refractivity (Wildman–Crippen MR) is 48.5 cm³/mol. The molecule has 0 heterocycles. The molecular formula is C8H15NO6. The molecule has 7 nitrogen and oxygen atoms in total. The number of Topliss-reactive ketones (excluding diaryl/α,β-unsaturated/α-hetero) is 1. The fourth-order valence-electron chi connectivity index (χ4n) is 0.977. The minimum atomic E-state index is -2.59. The Balaban J connectivity index is 4.94. The van der Waals surface area contributed by atoms with E-state index < -0.39 is 36.2 Å². The first-order chi connectivity index (χ1) is 6.75. The van der Waals surface area contributed by atoms with Gasteiger partial charge in [-0.15, -0.1) is 0 Å².